The van der Waals surface area contributed by atoms with Crippen LogP contribution in [0.2, 0.25) is 0 Å². The summed E-state index contributed by atoms with van der Waals surface area (Å²) in [6.07, 6.45) is 2.22. The summed E-state index contributed by atoms with van der Waals surface area (Å²) in [7, 11) is 0. The van der Waals surface area contributed by atoms with E-state index in [0.717, 1.165) is 18.4 Å². The summed E-state index contributed by atoms with van der Waals surface area (Å²) in [6, 6.07) is 10.0. The van der Waals surface area contributed by atoms with Crippen molar-refractivity contribution in [3.05, 3.63) is 47.4 Å². The van der Waals surface area contributed by atoms with Crippen LogP contribution in [0.15, 0.2) is 30.3 Å². The fraction of sp³-hybridized carbons (Fsp3) is 0.368. The Labute approximate surface area is 156 Å². The van der Waals surface area contributed by atoms with E-state index >= 15 is 0 Å². The number of nitrogens with one attached hydrogen (secondary N) is 1. The molecule has 0 unspecified atom stereocenters. The minimum Gasteiger partial charge on any atom is -0.352 e. The van der Waals surface area contributed by atoms with Crippen molar-refractivity contribution in [1.82, 2.24) is 15.1 Å². The van der Waals surface area contributed by atoms with Gasteiger partial charge in [-0.05, 0) is 48.6 Å². The van der Waals surface area contributed by atoms with Crippen LogP contribution in [0.25, 0.3) is 0 Å². The van der Waals surface area contributed by atoms with Crippen LogP contribution in [0.3, 0.4) is 0 Å². The molecule has 1 saturated heterocycles. The molecular formula is C19H19FN6O. The molecular weight excluding hydrogens is 347 g/mol. The highest BCUT2D eigenvalue weighted by Gasteiger charge is 2.25. The van der Waals surface area contributed by atoms with E-state index < -0.39 is 0 Å². The molecule has 2 aromatic rings. The predicted octanol–water partition coefficient (Wildman–Crippen LogP) is 2.72. The summed E-state index contributed by atoms with van der Waals surface area (Å²) in [4.78, 5) is 16.1. The number of anilines is 2. The van der Waals surface area contributed by atoms with Crippen molar-refractivity contribution >= 4 is 17.5 Å². The second-order valence-electron chi connectivity index (χ2n) is 6.81. The zero-order valence-electron chi connectivity index (χ0n) is 14.7. The molecule has 0 radical (unpaired) electrons. The first-order valence-corrected chi connectivity index (χ1v) is 8.98. The topological polar surface area (TPSA) is 85.2 Å². The molecule has 0 spiro atoms. The fourth-order valence-electron chi connectivity index (χ4n) is 3.19. The first-order valence-electron chi connectivity index (χ1n) is 8.98. The molecule has 27 heavy (non-hydrogen) atoms. The number of aromatic nitrogens is 2. The van der Waals surface area contributed by atoms with E-state index in [0.29, 0.717) is 37.9 Å². The number of rotatable bonds is 3. The molecule has 1 aromatic heterocycles. The quantitative estimate of drug-likeness (QED) is 0.903. The number of carbonyl (C=O) groups excluding carboxylic acids is 1. The monoisotopic (exact) mass is 366 g/mol. The van der Waals surface area contributed by atoms with Crippen molar-refractivity contribution in [2.75, 3.05) is 36.4 Å². The fourth-order valence-corrected chi connectivity index (χ4v) is 3.19. The van der Waals surface area contributed by atoms with Gasteiger partial charge in [-0.2, -0.15) is 5.26 Å². The Morgan fingerprint density at radius 3 is 2.52 bits per heavy atom. The molecule has 7 nitrogen and oxygen atoms in total. The van der Waals surface area contributed by atoms with Crippen molar-refractivity contribution in [2.45, 2.75) is 18.8 Å². The summed E-state index contributed by atoms with van der Waals surface area (Å²) < 4.78 is 14.2. The van der Waals surface area contributed by atoms with Crippen LogP contribution in [0, 0.1) is 17.1 Å². The molecule has 1 aliphatic carbocycles. The first kappa shape index (κ1) is 17.2. The third-order valence-corrected chi connectivity index (χ3v) is 4.94. The largest absolute Gasteiger partial charge is 0.352 e. The lowest BCUT2D eigenvalue weighted by molar-refractivity contribution is 0.208. The summed E-state index contributed by atoms with van der Waals surface area (Å²) in [5.41, 5.74) is 1.49. The smallest absolute Gasteiger partial charge is 0.322 e. The van der Waals surface area contributed by atoms with Gasteiger partial charge in [-0.3, -0.25) is 0 Å². The van der Waals surface area contributed by atoms with Crippen LogP contribution in [0.5, 0.6) is 0 Å². The molecule has 0 bridgehead atoms. The van der Waals surface area contributed by atoms with Gasteiger partial charge in [-0.25, -0.2) is 9.18 Å². The lowest BCUT2D eigenvalue weighted by atomic mass is 10.1. The molecule has 2 amide bonds. The molecule has 1 N–H and O–H groups in total. The van der Waals surface area contributed by atoms with Gasteiger partial charge in [0.1, 0.15) is 11.9 Å². The van der Waals surface area contributed by atoms with E-state index in [1.807, 2.05) is 17.0 Å². The van der Waals surface area contributed by atoms with E-state index in [4.69, 9.17) is 5.26 Å². The average Bonchev–Trinajstić information content (AvgIpc) is 3.55. The Bertz CT molecular complexity index is 882. The number of hydrogen-bond donors (Lipinski definition) is 1. The lowest BCUT2D eigenvalue weighted by Crippen LogP contribution is -2.50. The van der Waals surface area contributed by atoms with Crippen LogP contribution in [0.1, 0.15) is 30.0 Å². The van der Waals surface area contributed by atoms with Gasteiger partial charge in [0, 0.05) is 26.2 Å². The van der Waals surface area contributed by atoms with Gasteiger partial charge in [-0.15, -0.1) is 10.2 Å². The molecule has 0 atom stereocenters. The van der Waals surface area contributed by atoms with Crippen molar-refractivity contribution in [2.24, 2.45) is 0 Å². The van der Waals surface area contributed by atoms with Gasteiger partial charge in [0.15, 0.2) is 11.5 Å². The number of halogens is 1. The van der Waals surface area contributed by atoms with Gasteiger partial charge in [0.05, 0.1) is 5.69 Å². The predicted molar refractivity (Wildman–Crippen MR) is 97.9 cm³/mol. The molecule has 8 heteroatoms. The van der Waals surface area contributed by atoms with E-state index in [-0.39, 0.29) is 23.2 Å². The summed E-state index contributed by atoms with van der Waals surface area (Å²) in [5.74, 6) is 0.762. The van der Waals surface area contributed by atoms with Crippen molar-refractivity contribution < 1.29 is 9.18 Å². The number of nitrogens with zero attached hydrogens (tertiary/aromatic N) is 5. The number of carbonyl (C=O) groups is 1. The van der Waals surface area contributed by atoms with Gasteiger partial charge < -0.3 is 15.1 Å². The highest BCUT2D eigenvalue weighted by Crippen LogP contribution is 2.40. The molecule has 1 aromatic carbocycles. The van der Waals surface area contributed by atoms with E-state index in [2.05, 4.69) is 15.5 Å². The van der Waals surface area contributed by atoms with E-state index in [9.17, 15) is 9.18 Å². The lowest BCUT2D eigenvalue weighted by Gasteiger charge is -2.35. The molecule has 1 aliphatic heterocycles. The Kier molecular flexibility index (Phi) is 4.59. The van der Waals surface area contributed by atoms with Crippen LogP contribution in [-0.2, 0) is 0 Å². The van der Waals surface area contributed by atoms with Crippen LogP contribution in [-0.4, -0.2) is 47.3 Å². The third kappa shape index (κ3) is 3.82. The van der Waals surface area contributed by atoms with Gasteiger partial charge in [0.2, 0.25) is 0 Å². The molecule has 4 rings (SSSR count). The van der Waals surface area contributed by atoms with Crippen LogP contribution in [0.4, 0.5) is 20.7 Å². The second kappa shape index (κ2) is 7.19. The van der Waals surface area contributed by atoms with Gasteiger partial charge in [-0.1, -0.05) is 6.07 Å². The second-order valence-corrected chi connectivity index (χ2v) is 6.81. The maximum Gasteiger partial charge on any atom is 0.322 e. The first-order chi connectivity index (χ1) is 13.1. The number of benzene rings is 1. The zero-order chi connectivity index (χ0) is 18.8. The Hall–Kier alpha value is -3.21. The van der Waals surface area contributed by atoms with Crippen molar-refractivity contribution in [3.8, 4) is 6.07 Å². The number of hydrogen-bond acceptors (Lipinski definition) is 5. The SMILES string of the molecule is N#Cc1ccc(N2CCN(C(=O)Nc3ccc(C4CC4)cc3F)CC2)nn1. The Balaban J connectivity index is 1.33. The van der Waals surface area contributed by atoms with Crippen molar-refractivity contribution in [1.29, 1.82) is 5.26 Å². The van der Waals surface area contributed by atoms with Gasteiger partial charge >= 0.3 is 6.03 Å². The minimum atomic E-state index is -0.390. The minimum absolute atomic E-state index is 0.213. The van der Waals surface area contributed by atoms with Crippen LogP contribution < -0.4 is 10.2 Å². The normalized spacial score (nSPS) is 16.7. The van der Waals surface area contributed by atoms with Gasteiger partial charge in [0.25, 0.3) is 0 Å². The highest BCUT2D eigenvalue weighted by atomic mass is 19.1. The van der Waals surface area contributed by atoms with Crippen molar-refractivity contribution in [3.63, 3.8) is 0 Å². The summed E-state index contributed by atoms with van der Waals surface area (Å²) >= 11 is 0. The van der Waals surface area contributed by atoms with E-state index in [1.165, 1.54) is 6.07 Å². The molecule has 1 saturated carbocycles. The van der Waals surface area contributed by atoms with E-state index in [1.54, 1.807) is 23.1 Å². The molecule has 2 heterocycles. The number of urea groups is 1. The Morgan fingerprint density at radius 1 is 1.15 bits per heavy atom. The maximum absolute atomic E-state index is 14.2. The third-order valence-electron chi connectivity index (χ3n) is 4.94. The average molecular weight is 366 g/mol. The maximum atomic E-state index is 14.2. The molecule has 138 valence electrons. The molecule has 2 aliphatic rings. The summed E-state index contributed by atoms with van der Waals surface area (Å²) in [6.45, 7) is 2.18. The summed E-state index contributed by atoms with van der Waals surface area (Å²) in [5, 5.41) is 19.3. The van der Waals surface area contributed by atoms with Crippen LogP contribution >= 0.6 is 0 Å². The highest BCUT2D eigenvalue weighted by molar-refractivity contribution is 5.89. The Morgan fingerprint density at radius 2 is 1.93 bits per heavy atom. The number of amides is 2. The molecule has 2 fully saturated rings. The number of nitriles is 1. The standard InChI is InChI=1S/C19H19FN6O/c20-16-11-14(13-1-2-13)3-5-17(16)22-19(27)26-9-7-25(8-10-26)18-6-4-15(12-21)23-24-18/h3-6,11,13H,1-2,7-10H2,(H,22,27). The number of piperazine rings is 1. The zero-order valence-corrected chi connectivity index (χ0v) is 14.7.